The van der Waals surface area contributed by atoms with Crippen LogP contribution in [-0.4, -0.2) is 45.6 Å². The molecule has 0 saturated carbocycles. The van der Waals surface area contributed by atoms with E-state index in [1.165, 1.54) is 0 Å². The van der Waals surface area contributed by atoms with E-state index in [-0.39, 0.29) is 5.91 Å². The van der Waals surface area contributed by atoms with Gasteiger partial charge in [-0.3, -0.25) is 4.79 Å². The van der Waals surface area contributed by atoms with E-state index >= 15 is 0 Å². The molecule has 0 aliphatic carbocycles. The van der Waals surface area contributed by atoms with Gasteiger partial charge < -0.3 is 9.64 Å². The lowest BCUT2D eigenvalue weighted by molar-refractivity contribution is 0.0717. The van der Waals surface area contributed by atoms with Gasteiger partial charge >= 0.3 is 0 Å². The summed E-state index contributed by atoms with van der Waals surface area (Å²) < 4.78 is 9.21. The van der Waals surface area contributed by atoms with E-state index in [9.17, 15) is 4.79 Å². The van der Waals surface area contributed by atoms with Crippen LogP contribution in [0.15, 0.2) is 35.8 Å². The Morgan fingerprint density at radius 1 is 1.27 bits per heavy atom. The van der Waals surface area contributed by atoms with Gasteiger partial charge in [0.1, 0.15) is 10.6 Å². The molecular weight excluding hydrogens is 368 g/mol. The molecule has 0 N–H and O–H groups in total. The van der Waals surface area contributed by atoms with Gasteiger partial charge in [-0.1, -0.05) is 16.6 Å². The highest BCUT2D eigenvalue weighted by atomic mass is 32.1. The number of ether oxygens (including phenoxy) is 1. The quantitative estimate of drug-likeness (QED) is 0.684. The SMILES string of the molecule is COc1ccccc1-c1csc(C2CCN(C(=O)c3cnns3)CC2)n1. The maximum atomic E-state index is 12.4. The van der Waals surface area contributed by atoms with E-state index in [0.717, 1.165) is 59.5 Å². The zero-order valence-corrected chi connectivity index (χ0v) is 15.9. The van der Waals surface area contributed by atoms with Gasteiger partial charge in [-0.25, -0.2) is 4.98 Å². The standard InChI is InChI=1S/C18H18N4O2S2/c1-24-15-5-3-2-4-13(15)14-11-25-17(20-14)12-6-8-22(9-7-12)18(23)16-10-19-21-26-16/h2-5,10-12H,6-9H2,1H3. The Kier molecular flexibility index (Phi) is 4.94. The lowest BCUT2D eigenvalue weighted by Crippen LogP contribution is -2.37. The molecule has 6 nitrogen and oxygen atoms in total. The number of thiazole rings is 1. The third kappa shape index (κ3) is 3.34. The molecule has 4 rings (SSSR count). The highest BCUT2D eigenvalue weighted by molar-refractivity contribution is 7.10. The number of hydrogen-bond donors (Lipinski definition) is 0. The zero-order valence-electron chi connectivity index (χ0n) is 14.3. The van der Waals surface area contributed by atoms with Crippen molar-refractivity contribution in [3.63, 3.8) is 0 Å². The molecule has 3 aromatic rings. The number of benzene rings is 1. The number of nitrogens with zero attached hydrogens (tertiary/aromatic N) is 4. The third-order valence-corrected chi connectivity index (χ3v) is 6.27. The third-order valence-electron chi connectivity index (χ3n) is 4.61. The Morgan fingerprint density at radius 3 is 2.81 bits per heavy atom. The minimum absolute atomic E-state index is 0.0345. The van der Waals surface area contributed by atoms with E-state index in [0.29, 0.717) is 10.8 Å². The second-order valence-corrected chi connectivity index (χ2v) is 7.79. The largest absolute Gasteiger partial charge is 0.496 e. The van der Waals surface area contributed by atoms with Crippen LogP contribution in [0.4, 0.5) is 0 Å². The molecule has 1 aromatic carbocycles. The molecule has 1 aliphatic rings. The number of aromatic nitrogens is 3. The van der Waals surface area contributed by atoms with Crippen LogP contribution in [-0.2, 0) is 0 Å². The second kappa shape index (κ2) is 7.51. The number of methoxy groups -OCH3 is 1. The van der Waals surface area contributed by atoms with Crippen LogP contribution in [0.1, 0.15) is 33.4 Å². The smallest absolute Gasteiger partial charge is 0.267 e. The average molecular weight is 387 g/mol. The topological polar surface area (TPSA) is 68.2 Å². The first-order valence-corrected chi connectivity index (χ1v) is 10.1. The summed E-state index contributed by atoms with van der Waals surface area (Å²) >= 11 is 2.84. The first-order valence-electron chi connectivity index (χ1n) is 8.41. The fourth-order valence-electron chi connectivity index (χ4n) is 3.20. The van der Waals surface area contributed by atoms with Crippen molar-refractivity contribution < 1.29 is 9.53 Å². The second-order valence-electron chi connectivity index (χ2n) is 6.12. The summed E-state index contributed by atoms with van der Waals surface area (Å²) in [5, 5.41) is 6.98. The molecule has 3 heterocycles. The first kappa shape index (κ1) is 17.1. The number of para-hydroxylation sites is 1. The fraction of sp³-hybridized carbons (Fsp3) is 0.333. The Labute approximate surface area is 159 Å². The van der Waals surface area contributed by atoms with Gasteiger partial charge in [0.2, 0.25) is 0 Å². The predicted octanol–water partition coefficient (Wildman–Crippen LogP) is 3.69. The minimum Gasteiger partial charge on any atom is -0.496 e. The highest BCUT2D eigenvalue weighted by Gasteiger charge is 2.27. The average Bonchev–Trinajstić information content (AvgIpc) is 3.39. The summed E-state index contributed by atoms with van der Waals surface area (Å²) in [6.07, 6.45) is 3.40. The summed E-state index contributed by atoms with van der Waals surface area (Å²) in [4.78, 5) is 19.7. The Balaban J connectivity index is 1.44. The van der Waals surface area contributed by atoms with Gasteiger partial charge in [-0.15, -0.1) is 16.4 Å². The Hall–Kier alpha value is -2.32. The molecule has 0 atom stereocenters. The van der Waals surface area contributed by atoms with Crippen LogP contribution in [0.5, 0.6) is 5.75 Å². The molecule has 0 spiro atoms. The molecule has 26 heavy (non-hydrogen) atoms. The van der Waals surface area contributed by atoms with Crippen molar-refractivity contribution >= 4 is 28.8 Å². The van der Waals surface area contributed by atoms with Crippen LogP contribution < -0.4 is 4.74 Å². The minimum atomic E-state index is 0.0345. The molecule has 0 radical (unpaired) electrons. The molecular formula is C18H18N4O2S2. The van der Waals surface area contributed by atoms with E-state index in [1.54, 1.807) is 24.6 Å². The van der Waals surface area contributed by atoms with E-state index in [4.69, 9.17) is 9.72 Å². The summed E-state index contributed by atoms with van der Waals surface area (Å²) in [5.74, 6) is 1.27. The van der Waals surface area contributed by atoms with Gasteiger partial charge in [-0.05, 0) is 36.5 Å². The van der Waals surface area contributed by atoms with Gasteiger partial charge in [0.15, 0.2) is 0 Å². The fourth-order valence-corrected chi connectivity index (χ4v) is 4.68. The van der Waals surface area contributed by atoms with Crippen molar-refractivity contribution in [1.82, 2.24) is 19.5 Å². The zero-order chi connectivity index (χ0) is 17.9. The maximum absolute atomic E-state index is 12.4. The lowest BCUT2D eigenvalue weighted by Gasteiger charge is -2.30. The number of rotatable bonds is 4. The molecule has 1 amide bonds. The number of piperidine rings is 1. The molecule has 0 unspecified atom stereocenters. The van der Waals surface area contributed by atoms with E-state index in [1.807, 2.05) is 29.2 Å². The highest BCUT2D eigenvalue weighted by Crippen LogP contribution is 2.35. The lowest BCUT2D eigenvalue weighted by atomic mass is 9.97. The van der Waals surface area contributed by atoms with Gasteiger partial charge in [0.25, 0.3) is 5.91 Å². The van der Waals surface area contributed by atoms with Crippen LogP contribution in [0, 0.1) is 0 Å². The number of carbonyl (C=O) groups is 1. The van der Waals surface area contributed by atoms with Crippen LogP contribution in [0.3, 0.4) is 0 Å². The first-order chi connectivity index (χ1) is 12.8. The predicted molar refractivity (Wildman–Crippen MR) is 102 cm³/mol. The summed E-state index contributed by atoms with van der Waals surface area (Å²) in [6, 6.07) is 7.94. The monoisotopic (exact) mass is 386 g/mol. The van der Waals surface area contributed by atoms with Crippen molar-refractivity contribution in [3.8, 4) is 17.0 Å². The van der Waals surface area contributed by atoms with Crippen molar-refractivity contribution in [2.45, 2.75) is 18.8 Å². The number of likely N-dealkylation sites (tertiary alicyclic amines) is 1. The summed E-state index contributed by atoms with van der Waals surface area (Å²) in [6.45, 7) is 1.48. The molecule has 1 fully saturated rings. The molecule has 0 bridgehead atoms. The van der Waals surface area contributed by atoms with Crippen LogP contribution in [0.2, 0.25) is 0 Å². The van der Waals surface area contributed by atoms with Gasteiger partial charge in [0.05, 0.1) is 24.0 Å². The van der Waals surface area contributed by atoms with Crippen LogP contribution >= 0.6 is 22.9 Å². The number of hydrogen-bond acceptors (Lipinski definition) is 7. The molecule has 1 saturated heterocycles. The van der Waals surface area contributed by atoms with Gasteiger partial charge in [-0.2, -0.15) is 0 Å². The Bertz CT molecular complexity index is 886. The van der Waals surface area contributed by atoms with Crippen molar-refractivity contribution in [2.24, 2.45) is 0 Å². The number of carbonyl (C=O) groups excluding carboxylic acids is 1. The van der Waals surface area contributed by atoms with Crippen molar-refractivity contribution in [3.05, 3.63) is 45.7 Å². The Morgan fingerprint density at radius 2 is 2.08 bits per heavy atom. The molecule has 2 aromatic heterocycles. The van der Waals surface area contributed by atoms with Crippen LogP contribution in [0.25, 0.3) is 11.3 Å². The van der Waals surface area contributed by atoms with Gasteiger partial charge in [0, 0.05) is 30.0 Å². The molecule has 134 valence electrons. The molecule has 8 heteroatoms. The van der Waals surface area contributed by atoms with Crippen molar-refractivity contribution in [2.75, 3.05) is 20.2 Å². The summed E-state index contributed by atoms with van der Waals surface area (Å²) in [7, 11) is 1.68. The molecule has 1 aliphatic heterocycles. The van der Waals surface area contributed by atoms with E-state index in [2.05, 4.69) is 15.0 Å². The van der Waals surface area contributed by atoms with Crippen molar-refractivity contribution in [1.29, 1.82) is 0 Å². The van der Waals surface area contributed by atoms with E-state index < -0.39 is 0 Å². The maximum Gasteiger partial charge on any atom is 0.267 e. The number of amides is 1. The summed E-state index contributed by atoms with van der Waals surface area (Å²) in [5.41, 5.74) is 1.97. The normalized spacial score (nSPS) is 15.2.